The summed E-state index contributed by atoms with van der Waals surface area (Å²) in [6.45, 7) is 4.77. The molecule has 0 spiro atoms. The van der Waals surface area contributed by atoms with Crippen LogP contribution in [0.15, 0.2) is 18.2 Å². The highest BCUT2D eigenvalue weighted by Crippen LogP contribution is 2.17. The number of hydrogen-bond donors (Lipinski definition) is 1. The van der Waals surface area contributed by atoms with Gasteiger partial charge in [-0.1, -0.05) is 19.9 Å². The van der Waals surface area contributed by atoms with Gasteiger partial charge in [-0.3, -0.25) is 0 Å². The molecule has 0 fully saturated rings. The molecule has 1 aromatic rings. The van der Waals surface area contributed by atoms with Gasteiger partial charge in [-0.05, 0) is 34.9 Å². The molecule has 0 bridgehead atoms. The molecule has 2 N–H and O–H groups in total. The summed E-state index contributed by atoms with van der Waals surface area (Å²) in [5.74, 6) is 2.47. The molecule has 0 amide bonds. The first kappa shape index (κ1) is 12.5. The second-order valence-electron chi connectivity index (χ2n) is 4.08. The van der Waals surface area contributed by atoms with E-state index in [1.54, 1.807) is 6.07 Å². The van der Waals surface area contributed by atoms with Gasteiger partial charge in [0.1, 0.15) is 5.82 Å². The summed E-state index contributed by atoms with van der Waals surface area (Å²) >= 11 is 1.83. The fraction of sp³-hybridized carbons (Fsp3) is 0.500. The van der Waals surface area contributed by atoms with Crippen molar-refractivity contribution < 1.29 is 4.39 Å². The van der Waals surface area contributed by atoms with Crippen molar-refractivity contribution in [3.05, 3.63) is 35.1 Å². The Kier molecular flexibility index (Phi) is 5.12. The van der Waals surface area contributed by atoms with Crippen LogP contribution in [-0.2, 0) is 12.3 Å². The maximum atomic E-state index is 13.1. The van der Waals surface area contributed by atoms with E-state index in [0.29, 0.717) is 12.5 Å². The molecule has 0 aliphatic carbocycles. The predicted octanol–water partition coefficient (Wildman–Crippen LogP) is 3.17. The van der Waals surface area contributed by atoms with Crippen LogP contribution in [-0.4, -0.2) is 5.75 Å². The molecule has 0 atom stereocenters. The highest BCUT2D eigenvalue weighted by molar-refractivity contribution is 7.98. The van der Waals surface area contributed by atoms with Crippen LogP contribution in [0.4, 0.5) is 4.39 Å². The Balaban J connectivity index is 2.56. The molecular formula is C12H18FNS. The van der Waals surface area contributed by atoms with Crippen LogP contribution in [0, 0.1) is 11.7 Å². The first-order valence-corrected chi connectivity index (χ1v) is 6.33. The average Bonchev–Trinajstić information content (AvgIpc) is 2.16. The standard InChI is InChI=1S/C12H18FNS/c1-9(2)7-15-8-11-3-10(6-14)4-12(13)5-11/h3-5,9H,6-8,14H2,1-2H3. The van der Waals surface area contributed by atoms with Crippen molar-refractivity contribution in [1.29, 1.82) is 0 Å². The van der Waals surface area contributed by atoms with Crippen molar-refractivity contribution >= 4 is 11.8 Å². The zero-order valence-electron chi connectivity index (χ0n) is 9.29. The molecule has 0 radical (unpaired) electrons. The Morgan fingerprint density at radius 2 is 1.93 bits per heavy atom. The monoisotopic (exact) mass is 227 g/mol. The number of thioether (sulfide) groups is 1. The lowest BCUT2D eigenvalue weighted by Gasteiger charge is -2.06. The lowest BCUT2D eigenvalue weighted by molar-refractivity contribution is 0.624. The van der Waals surface area contributed by atoms with Crippen molar-refractivity contribution in [3.63, 3.8) is 0 Å². The van der Waals surface area contributed by atoms with Gasteiger partial charge in [0.25, 0.3) is 0 Å². The Morgan fingerprint density at radius 3 is 2.53 bits per heavy atom. The first-order valence-electron chi connectivity index (χ1n) is 5.18. The van der Waals surface area contributed by atoms with Crippen LogP contribution >= 0.6 is 11.8 Å². The summed E-state index contributed by atoms with van der Waals surface area (Å²) < 4.78 is 13.1. The molecule has 0 heterocycles. The molecule has 0 aromatic heterocycles. The molecule has 3 heteroatoms. The minimum atomic E-state index is -0.182. The third-order valence-corrected chi connectivity index (χ3v) is 3.41. The Hall–Kier alpha value is -0.540. The van der Waals surface area contributed by atoms with Gasteiger partial charge in [0.2, 0.25) is 0 Å². The van der Waals surface area contributed by atoms with Crippen LogP contribution in [0.2, 0.25) is 0 Å². The van der Waals surface area contributed by atoms with Gasteiger partial charge >= 0.3 is 0 Å². The molecule has 0 aliphatic rings. The lowest BCUT2D eigenvalue weighted by Crippen LogP contribution is -1.99. The van der Waals surface area contributed by atoms with Gasteiger partial charge in [0.05, 0.1) is 0 Å². The smallest absolute Gasteiger partial charge is 0.123 e. The van der Waals surface area contributed by atoms with Crippen LogP contribution in [0.3, 0.4) is 0 Å². The van der Waals surface area contributed by atoms with E-state index in [9.17, 15) is 4.39 Å². The summed E-state index contributed by atoms with van der Waals surface area (Å²) in [4.78, 5) is 0. The number of rotatable bonds is 5. The maximum absolute atomic E-state index is 13.1. The molecule has 0 saturated carbocycles. The largest absolute Gasteiger partial charge is 0.326 e. The van der Waals surface area contributed by atoms with E-state index in [0.717, 1.165) is 22.6 Å². The van der Waals surface area contributed by atoms with Gasteiger partial charge in [-0.15, -0.1) is 0 Å². The third-order valence-electron chi connectivity index (χ3n) is 1.97. The normalized spacial score (nSPS) is 11.0. The zero-order valence-corrected chi connectivity index (χ0v) is 10.1. The Labute approximate surface area is 95.2 Å². The first-order chi connectivity index (χ1) is 7.11. The van der Waals surface area contributed by atoms with E-state index >= 15 is 0 Å². The molecule has 84 valence electrons. The summed E-state index contributed by atoms with van der Waals surface area (Å²) in [5, 5.41) is 0. The average molecular weight is 227 g/mol. The summed E-state index contributed by atoms with van der Waals surface area (Å²) in [5.41, 5.74) is 7.39. The highest BCUT2D eigenvalue weighted by atomic mass is 32.2. The van der Waals surface area contributed by atoms with Gasteiger partial charge in [-0.25, -0.2) is 4.39 Å². The second-order valence-corrected chi connectivity index (χ2v) is 5.11. The van der Waals surface area contributed by atoms with Crippen LogP contribution in [0.25, 0.3) is 0 Å². The summed E-state index contributed by atoms with van der Waals surface area (Å²) in [6, 6.07) is 5.07. The topological polar surface area (TPSA) is 26.0 Å². The number of hydrogen-bond acceptors (Lipinski definition) is 2. The maximum Gasteiger partial charge on any atom is 0.123 e. The fourth-order valence-corrected chi connectivity index (χ4v) is 2.32. The van der Waals surface area contributed by atoms with E-state index in [1.165, 1.54) is 6.07 Å². The molecule has 0 aliphatic heterocycles. The fourth-order valence-electron chi connectivity index (χ4n) is 1.33. The van der Waals surface area contributed by atoms with Crippen molar-refractivity contribution in [2.75, 3.05) is 5.75 Å². The molecule has 1 nitrogen and oxygen atoms in total. The second kappa shape index (κ2) is 6.13. The Morgan fingerprint density at radius 1 is 1.27 bits per heavy atom. The van der Waals surface area contributed by atoms with Crippen molar-refractivity contribution in [2.45, 2.75) is 26.1 Å². The van der Waals surface area contributed by atoms with Crippen LogP contribution in [0.1, 0.15) is 25.0 Å². The number of halogens is 1. The zero-order chi connectivity index (χ0) is 11.3. The minimum Gasteiger partial charge on any atom is -0.326 e. The molecule has 1 rings (SSSR count). The van der Waals surface area contributed by atoms with E-state index in [4.69, 9.17) is 5.73 Å². The van der Waals surface area contributed by atoms with Crippen LogP contribution < -0.4 is 5.73 Å². The lowest BCUT2D eigenvalue weighted by atomic mass is 10.1. The van der Waals surface area contributed by atoms with E-state index in [1.807, 2.05) is 17.8 Å². The van der Waals surface area contributed by atoms with Crippen molar-refractivity contribution in [2.24, 2.45) is 11.7 Å². The molecular weight excluding hydrogens is 209 g/mol. The van der Waals surface area contributed by atoms with E-state index < -0.39 is 0 Å². The predicted molar refractivity (Wildman–Crippen MR) is 65.3 cm³/mol. The molecule has 15 heavy (non-hydrogen) atoms. The SMILES string of the molecule is CC(C)CSCc1cc(F)cc(CN)c1. The molecule has 1 aromatic carbocycles. The number of benzene rings is 1. The number of nitrogens with two attached hydrogens (primary N) is 1. The van der Waals surface area contributed by atoms with Gasteiger partial charge < -0.3 is 5.73 Å². The summed E-state index contributed by atoms with van der Waals surface area (Å²) in [6.07, 6.45) is 0. The molecule has 0 saturated heterocycles. The third kappa shape index (κ3) is 4.67. The minimum absolute atomic E-state index is 0.182. The quantitative estimate of drug-likeness (QED) is 0.836. The molecule has 0 unspecified atom stereocenters. The van der Waals surface area contributed by atoms with Gasteiger partial charge in [0, 0.05) is 12.3 Å². The highest BCUT2D eigenvalue weighted by Gasteiger charge is 2.01. The summed E-state index contributed by atoms with van der Waals surface area (Å²) in [7, 11) is 0. The van der Waals surface area contributed by atoms with Gasteiger partial charge in [-0.2, -0.15) is 11.8 Å². The van der Waals surface area contributed by atoms with Crippen LogP contribution in [0.5, 0.6) is 0 Å². The van der Waals surface area contributed by atoms with Gasteiger partial charge in [0.15, 0.2) is 0 Å². The van der Waals surface area contributed by atoms with E-state index in [-0.39, 0.29) is 5.82 Å². The van der Waals surface area contributed by atoms with Crippen molar-refractivity contribution in [1.82, 2.24) is 0 Å². The Bertz CT molecular complexity index is 312. The van der Waals surface area contributed by atoms with E-state index in [2.05, 4.69) is 13.8 Å². The van der Waals surface area contributed by atoms with Crippen molar-refractivity contribution in [3.8, 4) is 0 Å².